The highest BCUT2D eigenvalue weighted by atomic mass is 19.1. The van der Waals surface area contributed by atoms with Crippen LogP contribution in [0.4, 0.5) is 14.0 Å². The first-order valence-corrected chi connectivity index (χ1v) is 7.84. The van der Waals surface area contributed by atoms with Gasteiger partial charge in [-0.3, -0.25) is 0 Å². The first-order valence-electron chi connectivity index (χ1n) is 7.84. The van der Waals surface area contributed by atoms with E-state index in [2.05, 4.69) is 5.32 Å². The van der Waals surface area contributed by atoms with Crippen LogP contribution in [0.15, 0.2) is 30.3 Å². The number of likely N-dealkylation sites (tertiary alicyclic amines) is 1. The first-order chi connectivity index (χ1) is 11.2. The van der Waals surface area contributed by atoms with Crippen molar-refractivity contribution >= 4 is 12.2 Å². The molecule has 0 aromatic heterocycles. The third-order valence-corrected chi connectivity index (χ3v) is 3.41. The maximum Gasteiger partial charge on any atom is 0.410 e. The largest absolute Gasteiger partial charge is 0.445 e. The monoisotopic (exact) mass is 338 g/mol. The van der Waals surface area contributed by atoms with Crippen LogP contribution in [0.2, 0.25) is 0 Å². The number of alkyl halides is 1. The fourth-order valence-corrected chi connectivity index (χ4v) is 2.32. The van der Waals surface area contributed by atoms with E-state index >= 15 is 0 Å². The van der Waals surface area contributed by atoms with Crippen molar-refractivity contribution in [3.8, 4) is 0 Å². The van der Waals surface area contributed by atoms with Crippen LogP contribution >= 0.6 is 0 Å². The summed E-state index contributed by atoms with van der Waals surface area (Å²) in [5.41, 5.74) is 0.188. The van der Waals surface area contributed by atoms with Crippen molar-refractivity contribution in [3.05, 3.63) is 35.9 Å². The van der Waals surface area contributed by atoms with Crippen molar-refractivity contribution in [3.63, 3.8) is 0 Å². The molecule has 1 aromatic rings. The third-order valence-electron chi connectivity index (χ3n) is 3.41. The number of nitrogens with zero attached hydrogens (tertiary/aromatic N) is 1. The normalized spacial score (nSPS) is 20.6. The lowest BCUT2D eigenvalue weighted by molar-refractivity contribution is 0.0487. The average Bonchev–Trinajstić information content (AvgIpc) is 2.85. The molecular formula is C17H23FN2O4. The molecule has 7 heteroatoms. The van der Waals surface area contributed by atoms with Crippen molar-refractivity contribution in [2.45, 2.75) is 45.2 Å². The minimum atomic E-state index is -1.36. The summed E-state index contributed by atoms with van der Waals surface area (Å²) >= 11 is 0. The van der Waals surface area contributed by atoms with E-state index in [9.17, 15) is 14.0 Å². The number of halogens is 1. The number of amides is 2. The number of nitrogens with one attached hydrogen (secondary N) is 1. The molecule has 0 aliphatic carbocycles. The highest BCUT2D eigenvalue weighted by molar-refractivity contribution is 5.70. The summed E-state index contributed by atoms with van der Waals surface area (Å²) in [6.45, 7) is 5.23. The second-order valence-corrected chi connectivity index (χ2v) is 6.71. The van der Waals surface area contributed by atoms with Gasteiger partial charge in [0.15, 0.2) is 0 Å². The van der Waals surface area contributed by atoms with E-state index in [-0.39, 0.29) is 19.7 Å². The first kappa shape index (κ1) is 18.0. The molecule has 1 fully saturated rings. The zero-order valence-electron chi connectivity index (χ0n) is 14.1. The smallest absolute Gasteiger partial charge is 0.410 e. The minimum Gasteiger partial charge on any atom is -0.445 e. The Morgan fingerprint density at radius 1 is 1.25 bits per heavy atom. The number of benzene rings is 1. The molecule has 2 amide bonds. The summed E-state index contributed by atoms with van der Waals surface area (Å²) in [6.07, 6.45) is -2.66. The van der Waals surface area contributed by atoms with Gasteiger partial charge in [0, 0.05) is 6.54 Å². The Hall–Kier alpha value is -2.31. The highest BCUT2D eigenvalue weighted by Gasteiger charge is 2.37. The molecule has 6 nitrogen and oxygen atoms in total. The molecule has 0 spiro atoms. The van der Waals surface area contributed by atoms with E-state index in [1.54, 1.807) is 20.8 Å². The predicted molar refractivity (Wildman–Crippen MR) is 86.3 cm³/mol. The number of alkyl carbamates (subject to hydrolysis) is 1. The van der Waals surface area contributed by atoms with Gasteiger partial charge in [0.05, 0.1) is 12.6 Å². The van der Waals surface area contributed by atoms with Gasteiger partial charge < -0.3 is 19.7 Å². The molecule has 0 radical (unpaired) electrons. The fraction of sp³-hybridized carbons (Fsp3) is 0.529. The molecule has 1 aromatic carbocycles. The topological polar surface area (TPSA) is 67.9 Å². The van der Waals surface area contributed by atoms with Gasteiger partial charge in [-0.05, 0) is 26.3 Å². The Morgan fingerprint density at radius 3 is 2.54 bits per heavy atom. The van der Waals surface area contributed by atoms with Crippen molar-refractivity contribution in [2.75, 3.05) is 13.1 Å². The summed E-state index contributed by atoms with van der Waals surface area (Å²) in [5, 5.41) is 2.46. The molecule has 1 aliphatic rings. The van der Waals surface area contributed by atoms with Gasteiger partial charge in [0.2, 0.25) is 0 Å². The molecule has 1 N–H and O–H groups in total. The number of rotatable bonds is 3. The SMILES string of the molecule is CC(C)(C)OC(=O)N[C@H]1CN(C(=O)OCc2ccccc2)C[C@H]1F. The van der Waals surface area contributed by atoms with E-state index in [0.717, 1.165) is 5.56 Å². The number of carbonyl (C=O) groups excluding carboxylic acids is 2. The van der Waals surface area contributed by atoms with Crippen molar-refractivity contribution in [1.29, 1.82) is 0 Å². The molecule has 2 atom stereocenters. The van der Waals surface area contributed by atoms with Gasteiger partial charge in [-0.25, -0.2) is 14.0 Å². The summed E-state index contributed by atoms with van der Waals surface area (Å²) < 4.78 is 24.3. The summed E-state index contributed by atoms with van der Waals surface area (Å²) in [7, 11) is 0. The Bertz CT molecular complexity index is 574. The van der Waals surface area contributed by atoms with Gasteiger partial charge in [0.25, 0.3) is 0 Å². The van der Waals surface area contributed by atoms with Gasteiger partial charge in [-0.15, -0.1) is 0 Å². The van der Waals surface area contributed by atoms with Gasteiger partial charge in [-0.2, -0.15) is 0 Å². The van der Waals surface area contributed by atoms with Crippen LogP contribution in [0.3, 0.4) is 0 Å². The lowest BCUT2D eigenvalue weighted by Gasteiger charge is -2.22. The van der Waals surface area contributed by atoms with Crippen molar-refractivity contribution in [1.82, 2.24) is 10.2 Å². The average molecular weight is 338 g/mol. The molecule has 0 bridgehead atoms. The maximum absolute atomic E-state index is 14.0. The Kier molecular flexibility index (Phi) is 5.64. The predicted octanol–water partition coefficient (Wildman–Crippen LogP) is 2.87. The summed E-state index contributed by atoms with van der Waals surface area (Å²) in [5.74, 6) is 0. The van der Waals surface area contributed by atoms with Gasteiger partial charge in [-0.1, -0.05) is 30.3 Å². The van der Waals surface area contributed by atoms with Crippen LogP contribution in [0.5, 0.6) is 0 Å². The number of hydrogen-bond donors (Lipinski definition) is 1. The Labute approximate surface area is 140 Å². The van der Waals surface area contributed by atoms with Gasteiger partial charge in [0.1, 0.15) is 18.4 Å². The standard InChI is InChI=1S/C17H23FN2O4/c1-17(2,3)24-15(21)19-14-10-20(9-13(14)18)16(22)23-11-12-7-5-4-6-8-12/h4-8,13-14H,9-11H2,1-3H3,(H,19,21)/t13-,14+/m1/s1. The lowest BCUT2D eigenvalue weighted by atomic mass is 10.2. The Balaban J connectivity index is 1.81. The van der Waals surface area contributed by atoms with E-state index < -0.39 is 30.0 Å². The molecule has 1 saturated heterocycles. The highest BCUT2D eigenvalue weighted by Crippen LogP contribution is 2.16. The van der Waals surface area contributed by atoms with E-state index in [1.807, 2.05) is 30.3 Å². The van der Waals surface area contributed by atoms with Crippen LogP contribution in [-0.2, 0) is 16.1 Å². The van der Waals surface area contributed by atoms with Crippen LogP contribution in [0, 0.1) is 0 Å². The zero-order valence-corrected chi connectivity index (χ0v) is 14.1. The number of hydrogen-bond acceptors (Lipinski definition) is 4. The second-order valence-electron chi connectivity index (χ2n) is 6.71. The van der Waals surface area contributed by atoms with E-state index in [0.29, 0.717) is 0 Å². The maximum atomic E-state index is 14.0. The molecule has 0 unspecified atom stereocenters. The van der Waals surface area contributed by atoms with Crippen LogP contribution in [0.1, 0.15) is 26.3 Å². The zero-order chi connectivity index (χ0) is 17.7. The molecule has 2 rings (SSSR count). The van der Waals surface area contributed by atoms with E-state index in [1.165, 1.54) is 4.90 Å². The minimum absolute atomic E-state index is 0.0496. The fourth-order valence-electron chi connectivity index (χ4n) is 2.32. The quantitative estimate of drug-likeness (QED) is 0.920. The van der Waals surface area contributed by atoms with Crippen LogP contribution < -0.4 is 5.32 Å². The number of ether oxygens (including phenoxy) is 2. The summed E-state index contributed by atoms with van der Waals surface area (Å²) in [6, 6.07) is 8.43. The number of carbonyl (C=O) groups is 2. The van der Waals surface area contributed by atoms with Gasteiger partial charge >= 0.3 is 12.2 Å². The van der Waals surface area contributed by atoms with E-state index in [4.69, 9.17) is 9.47 Å². The molecule has 1 heterocycles. The van der Waals surface area contributed by atoms with Crippen molar-refractivity contribution in [2.24, 2.45) is 0 Å². The lowest BCUT2D eigenvalue weighted by Crippen LogP contribution is -2.44. The summed E-state index contributed by atoms with van der Waals surface area (Å²) in [4.78, 5) is 25.0. The molecule has 0 saturated carbocycles. The van der Waals surface area contributed by atoms with Crippen LogP contribution in [-0.4, -0.2) is 48.0 Å². The molecule has 24 heavy (non-hydrogen) atoms. The van der Waals surface area contributed by atoms with Crippen molar-refractivity contribution < 1.29 is 23.5 Å². The molecule has 132 valence electrons. The Morgan fingerprint density at radius 2 is 1.92 bits per heavy atom. The third kappa shape index (κ3) is 5.40. The van der Waals surface area contributed by atoms with Crippen LogP contribution in [0.25, 0.3) is 0 Å². The second kappa shape index (κ2) is 7.51. The molecule has 1 aliphatic heterocycles. The molecular weight excluding hydrogens is 315 g/mol.